The van der Waals surface area contributed by atoms with Gasteiger partial charge in [0.15, 0.2) is 34.7 Å². The highest BCUT2D eigenvalue weighted by molar-refractivity contribution is 7.15. The minimum Gasteiger partial charge on any atom is -0.507 e. The van der Waals surface area contributed by atoms with Crippen molar-refractivity contribution in [2.24, 2.45) is 29.4 Å². The molecule has 1 amide bonds. The first kappa shape index (κ1) is 27.3. The zero-order chi connectivity index (χ0) is 28.5. The van der Waals surface area contributed by atoms with Crippen molar-refractivity contribution in [3.8, 4) is 16.2 Å². The van der Waals surface area contributed by atoms with Crippen LogP contribution >= 0.6 is 11.3 Å². The maximum atomic E-state index is 13.9. The van der Waals surface area contributed by atoms with E-state index in [9.17, 15) is 34.2 Å². The third kappa shape index (κ3) is 3.98. The van der Waals surface area contributed by atoms with Crippen LogP contribution in [-0.4, -0.2) is 88.9 Å². The Morgan fingerprint density at radius 2 is 1.77 bits per heavy atom. The molecule has 0 spiro atoms. The molecule has 0 aliphatic heterocycles. The highest BCUT2D eigenvalue weighted by Gasteiger charge is 2.69. The Balaban J connectivity index is 1.62. The van der Waals surface area contributed by atoms with Crippen LogP contribution in [0.15, 0.2) is 24.3 Å². The van der Waals surface area contributed by atoms with Gasteiger partial charge in [-0.2, -0.15) is 0 Å². The predicted molar refractivity (Wildman–Crippen MR) is 142 cm³/mol. The van der Waals surface area contributed by atoms with Crippen molar-refractivity contribution in [1.82, 2.24) is 9.80 Å². The van der Waals surface area contributed by atoms with Gasteiger partial charge in [0, 0.05) is 22.2 Å². The van der Waals surface area contributed by atoms with Crippen molar-refractivity contribution in [2.45, 2.75) is 31.0 Å². The van der Waals surface area contributed by atoms with Crippen molar-refractivity contribution in [1.29, 1.82) is 0 Å². The summed E-state index contributed by atoms with van der Waals surface area (Å²) < 4.78 is 0. The molecule has 11 heteroatoms. The van der Waals surface area contributed by atoms with Gasteiger partial charge in [-0.25, -0.2) is 0 Å². The van der Waals surface area contributed by atoms with Crippen LogP contribution in [0.4, 0.5) is 0 Å². The number of fused-ring (bicyclic) bond motifs is 3. The summed E-state index contributed by atoms with van der Waals surface area (Å²) in [4.78, 5) is 72.0. The van der Waals surface area contributed by atoms with Crippen LogP contribution in [0, 0.1) is 23.7 Å². The Hall–Kier alpha value is -3.25. The minimum atomic E-state index is -2.72. The molecule has 6 atom stereocenters. The van der Waals surface area contributed by atoms with E-state index < -0.39 is 64.4 Å². The van der Waals surface area contributed by atoms with Gasteiger partial charge in [0.1, 0.15) is 5.75 Å². The number of amides is 1. The molecular weight excluding hydrogens is 522 g/mol. The molecular formula is C28H31N3O7S. The summed E-state index contributed by atoms with van der Waals surface area (Å²) in [6.45, 7) is 0.740. The summed E-state index contributed by atoms with van der Waals surface area (Å²) in [5.41, 5.74) is 4.00. The van der Waals surface area contributed by atoms with Gasteiger partial charge in [-0.05, 0) is 82.3 Å². The molecule has 1 aromatic heterocycles. The lowest BCUT2D eigenvalue weighted by molar-refractivity contribution is -0.181. The second-order valence-corrected chi connectivity index (χ2v) is 12.4. The summed E-state index contributed by atoms with van der Waals surface area (Å²) >= 11 is 1.57. The maximum absolute atomic E-state index is 13.9. The van der Waals surface area contributed by atoms with Crippen LogP contribution in [0.2, 0.25) is 0 Å². The van der Waals surface area contributed by atoms with Crippen LogP contribution in [0.1, 0.15) is 27.2 Å². The number of likely N-dealkylation sites (N-methyl/N-ethyl adjacent to an activating group) is 1. The molecule has 10 nitrogen and oxygen atoms in total. The quantitative estimate of drug-likeness (QED) is 0.452. The van der Waals surface area contributed by atoms with Crippen molar-refractivity contribution in [3.05, 3.63) is 40.3 Å². The Bertz CT molecular complexity index is 1430. The summed E-state index contributed by atoms with van der Waals surface area (Å²) in [5.74, 6) is -10.4. The first-order chi connectivity index (χ1) is 18.3. The van der Waals surface area contributed by atoms with Gasteiger partial charge in [0.05, 0.1) is 17.5 Å². The third-order valence-corrected chi connectivity index (χ3v) is 9.45. The maximum Gasteiger partial charge on any atom is 0.235 e. The first-order valence-electron chi connectivity index (χ1n) is 12.7. The summed E-state index contributed by atoms with van der Waals surface area (Å²) in [6, 6.07) is 6.01. The molecule has 4 N–H and O–H groups in total. The third-order valence-electron chi connectivity index (χ3n) is 8.34. The predicted octanol–water partition coefficient (Wildman–Crippen LogP) is 0.657. The number of thiophene rings is 1. The molecule has 0 bridgehead atoms. The van der Waals surface area contributed by atoms with Crippen molar-refractivity contribution >= 4 is 40.4 Å². The highest BCUT2D eigenvalue weighted by Crippen LogP contribution is 2.52. The van der Waals surface area contributed by atoms with E-state index in [-0.39, 0.29) is 24.2 Å². The molecule has 1 heterocycles. The standard InChI is InChI=1S/C28H31N3O7S/c1-30(2)11-13-5-8-18(39-13)14-6-7-17(32)20-15(14)9-12-10-16-22(31(3)4)24(34)21(27(29)37)26(36)28(16,38)25(35)19(12)23(20)33/h5-8,12,16,19,21-22,32,38H,9-11H2,1-4H3,(H2,29,37)/t12-,16-,19?,21?,22-,28-/m0/s1. The number of hydrogen-bond acceptors (Lipinski definition) is 10. The molecule has 39 heavy (non-hydrogen) atoms. The van der Waals surface area contributed by atoms with E-state index in [2.05, 4.69) is 0 Å². The average molecular weight is 554 g/mol. The molecule has 2 aromatic rings. The lowest BCUT2D eigenvalue weighted by atomic mass is 9.52. The van der Waals surface area contributed by atoms with Crippen LogP contribution in [0.3, 0.4) is 0 Å². The van der Waals surface area contributed by atoms with Gasteiger partial charge in [-0.3, -0.25) is 28.9 Å². The number of phenolic OH excluding ortho intramolecular Hbond substituents is 1. The van der Waals surface area contributed by atoms with Crippen molar-refractivity contribution < 1.29 is 34.2 Å². The molecule has 0 saturated heterocycles. The monoisotopic (exact) mass is 553 g/mol. The fraction of sp³-hybridized carbons (Fsp3) is 0.464. The lowest BCUT2D eigenvalue weighted by Crippen LogP contribution is -2.74. The van der Waals surface area contributed by atoms with Crippen LogP contribution < -0.4 is 5.73 Å². The molecule has 2 fully saturated rings. The van der Waals surface area contributed by atoms with E-state index in [1.54, 1.807) is 31.5 Å². The molecule has 1 aromatic carbocycles. The number of nitrogens with zero attached hydrogens (tertiary/aromatic N) is 2. The smallest absolute Gasteiger partial charge is 0.235 e. The number of benzene rings is 1. The number of aromatic hydroxyl groups is 1. The Labute approximate surface area is 229 Å². The topological polar surface area (TPSA) is 158 Å². The Morgan fingerprint density at radius 3 is 2.38 bits per heavy atom. The van der Waals surface area contributed by atoms with E-state index in [1.807, 2.05) is 31.1 Å². The number of hydrogen-bond donors (Lipinski definition) is 3. The second kappa shape index (κ2) is 9.44. The van der Waals surface area contributed by atoms with Crippen molar-refractivity contribution in [2.75, 3.05) is 28.2 Å². The Kier molecular flexibility index (Phi) is 6.61. The van der Waals surface area contributed by atoms with Gasteiger partial charge in [-0.15, -0.1) is 11.3 Å². The van der Waals surface area contributed by atoms with Crippen LogP contribution in [0.25, 0.3) is 10.4 Å². The van der Waals surface area contributed by atoms with Gasteiger partial charge in [0.2, 0.25) is 5.91 Å². The number of phenols is 1. The number of nitrogens with two attached hydrogens (primary N) is 1. The number of ketones is 4. The molecule has 206 valence electrons. The Morgan fingerprint density at radius 1 is 1.08 bits per heavy atom. The van der Waals surface area contributed by atoms with Crippen LogP contribution in [0.5, 0.6) is 5.75 Å². The number of rotatable bonds is 5. The zero-order valence-corrected chi connectivity index (χ0v) is 22.9. The van der Waals surface area contributed by atoms with Gasteiger partial charge < -0.3 is 20.8 Å². The molecule has 3 aliphatic rings. The lowest BCUT2D eigenvalue weighted by Gasteiger charge is -2.52. The summed E-state index contributed by atoms with van der Waals surface area (Å²) in [7, 11) is 7.06. The highest BCUT2D eigenvalue weighted by atomic mass is 32.1. The molecule has 0 radical (unpaired) electrons. The molecule has 2 unspecified atom stereocenters. The minimum absolute atomic E-state index is 0.00153. The molecule has 5 rings (SSSR count). The van der Waals surface area contributed by atoms with E-state index >= 15 is 0 Å². The first-order valence-corrected chi connectivity index (χ1v) is 13.5. The van der Waals surface area contributed by atoms with Gasteiger partial charge in [0.25, 0.3) is 0 Å². The SMILES string of the molecule is CN(C)Cc1ccc(-c2ccc(O)c3c2C[C@H]2C[C@H]4[C@H](N(C)C)C(=O)C(C(N)=O)C(=O)[C@@]4(O)C(=O)C2C3=O)s1. The van der Waals surface area contributed by atoms with E-state index in [1.165, 1.54) is 11.0 Å². The number of Topliss-reactive ketones (excluding diaryl/α,β-unsaturated/α-hetero) is 4. The fourth-order valence-corrected chi connectivity index (χ4v) is 7.93. The van der Waals surface area contributed by atoms with Gasteiger partial charge in [-0.1, -0.05) is 0 Å². The van der Waals surface area contributed by atoms with Crippen LogP contribution in [-0.2, 0) is 32.1 Å². The van der Waals surface area contributed by atoms with E-state index in [0.29, 0.717) is 5.56 Å². The largest absolute Gasteiger partial charge is 0.507 e. The van der Waals surface area contributed by atoms with Crippen molar-refractivity contribution in [3.63, 3.8) is 0 Å². The number of carbonyl (C=O) groups is 5. The molecule has 3 aliphatic carbocycles. The molecule has 2 saturated carbocycles. The van der Waals surface area contributed by atoms with E-state index in [0.717, 1.165) is 21.9 Å². The average Bonchev–Trinajstić information content (AvgIpc) is 3.28. The van der Waals surface area contributed by atoms with E-state index in [4.69, 9.17) is 5.73 Å². The zero-order valence-electron chi connectivity index (χ0n) is 22.1. The fourth-order valence-electron chi connectivity index (χ4n) is 6.75. The second-order valence-electron chi connectivity index (χ2n) is 11.3. The normalized spacial score (nSPS) is 30.4. The number of aliphatic hydroxyl groups is 1. The number of carbonyl (C=O) groups excluding carboxylic acids is 5. The number of primary amides is 1. The summed E-state index contributed by atoms with van der Waals surface area (Å²) in [6.07, 6.45) is 0.256. The van der Waals surface area contributed by atoms with Gasteiger partial charge >= 0.3 is 0 Å². The summed E-state index contributed by atoms with van der Waals surface area (Å²) in [5, 5.41) is 22.4.